The maximum Gasteiger partial charge on any atom is 0.159 e. The highest BCUT2D eigenvalue weighted by Gasteiger charge is 2.27. The van der Waals surface area contributed by atoms with Crippen LogP contribution < -0.4 is 4.74 Å². The Hall–Kier alpha value is -3.47. The lowest BCUT2D eigenvalue weighted by Crippen LogP contribution is -1.98. The van der Waals surface area contributed by atoms with Gasteiger partial charge in [0.2, 0.25) is 0 Å². The number of aryl methyl sites for hydroxylation is 1. The molecule has 0 aliphatic heterocycles. The standard InChI is InChI=1S/C24H21N4O/c1-14-24(18-12-17(29-2)9-10-19(18)25-14)22-11-16-5-3-4-6-21(16)28(22)23-13-20(26-27-23)15-7-8-15/h3-6,9-10,12-13,15,25H,7-8H2,1-2H3,(H,26,27). The predicted octanol–water partition coefficient (Wildman–Crippen LogP) is 5.50. The third-order valence-corrected chi connectivity index (χ3v) is 5.88. The van der Waals surface area contributed by atoms with Gasteiger partial charge in [-0.3, -0.25) is 9.67 Å². The monoisotopic (exact) mass is 381 g/mol. The lowest BCUT2D eigenvalue weighted by molar-refractivity contribution is 0.415. The number of aromatic amines is 2. The second-order valence-electron chi connectivity index (χ2n) is 7.82. The van der Waals surface area contributed by atoms with E-state index in [9.17, 15) is 0 Å². The average Bonchev–Trinajstić information content (AvgIpc) is 3.21. The molecule has 3 aromatic heterocycles. The molecule has 0 bridgehead atoms. The van der Waals surface area contributed by atoms with Crippen molar-refractivity contribution in [3.8, 4) is 22.8 Å². The number of hydrogen-bond donors (Lipinski definition) is 2. The first kappa shape index (κ1) is 16.5. The summed E-state index contributed by atoms with van der Waals surface area (Å²) in [4.78, 5) is 3.52. The largest absolute Gasteiger partial charge is 0.497 e. The molecule has 3 heterocycles. The van der Waals surface area contributed by atoms with E-state index in [1.807, 2.05) is 6.07 Å². The van der Waals surface area contributed by atoms with Crippen LogP contribution in [0.3, 0.4) is 0 Å². The van der Waals surface area contributed by atoms with Crippen LogP contribution >= 0.6 is 0 Å². The van der Waals surface area contributed by atoms with Crippen LogP contribution in [-0.2, 0) is 0 Å². The summed E-state index contributed by atoms with van der Waals surface area (Å²) in [5.41, 5.74) is 6.66. The van der Waals surface area contributed by atoms with Crippen LogP contribution in [0.1, 0.15) is 30.1 Å². The number of fused-ring (bicyclic) bond motifs is 2. The van der Waals surface area contributed by atoms with E-state index in [1.54, 1.807) is 7.11 Å². The minimum absolute atomic E-state index is 0.629. The number of benzene rings is 2. The van der Waals surface area contributed by atoms with Crippen molar-refractivity contribution in [2.75, 3.05) is 7.11 Å². The van der Waals surface area contributed by atoms with Crippen LogP contribution in [0.15, 0.2) is 48.5 Å². The maximum absolute atomic E-state index is 5.48. The Bertz CT molecular complexity index is 1370. The molecule has 6 rings (SSSR count). The van der Waals surface area contributed by atoms with Gasteiger partial charge in [0.1, 0.15) is 5.75 Å². The third kappa shape index (κ3) is 2.50. The Morgan fingerprint density at radius 1 is 1.14 bits per heavy atom. The van der Waals surface area contributed by atoms with Crippen molar-refractivity contribution >= 4 is 21.8 Å². The fraction of sp³-hybridized carbons (Fsp3) is 0.208. The third-order valence-electron chi connectivity index (χ3n) is 5.88. The highest BCUT2D eigenvalue weighted by molar-refractivity contribution is 6.00. The van der Waals surface area contributed by atoms with Gasteiger partial charge in [-0.05, 0) is 44.0 Å². The van der Waals surface area contributed by atoms with Gasteiger partial charge in [0.15, 0.2) is 5.82 Å². The van der Waals surface area contributed by atoms with Gasteiger partial charge in [0.05, 0.1) is 18.3 Å². The maximum atomic E-state index is 5.48. The topological polar surface area (TPSA) is 58.6 Å². The number of para-hydroxylation sites is 1. The van der Waals surface area contributed by atoms with Crippen LogP contribution in [0, 0.1) is 13.0 Å². The first-order valence-corrected chi connectivity index (χ1v) is 9.98. The molecular formula is C24H21N4O. The van der Waals surface area contributed by atoms with Gasteiger partial charge in [-0.15, -0.1) is 0 Å². The Balaban J connectivity index is 1.66. The number of nitrogens with zero attached hydrogens (tertiary/aromatic N) is 2. The molecule has 1 radical (unpaired) electrons. The molecule has 0 saturated heterocycles. The Kier molecular flexibility index (Phi) is 3.42. The zero-order chi connectivity index (χ0) is 19.5. The summed E-state index contributed by atoms with van der Waals surface area (Å²) in [6, 6.07) is 20.3. The van der Waals surface area contributed by atoms with Crippen molar-refractivity contribution < 1.29 is 4.74 Å². The molecule has 143 valence electrons. The van der Waals surface area contributed by atoms with Crippen LogP contribution in [-0.4, -0.2) is 26.9 Å². The van der Waals surface area contributed by atoms with E-state index >= 15 is 0 Å². The first-order chi connectivity index (χ1) is 14.2. The van der Waals surface area contributed by atoms with Crippen LogP contribution in [0.2, 0.25) is 0 Å². The van der Waals surface area contributed by atoms with Crippen molar-refractivity contribution in [3.63, 3.8) is 0 Å². The second kappa shape index (κ2) is 6.01. The van der Waals surface area contributed by atoms with Gasteiger partial charge in [-0.2, -0.15) is 5.10 Å². The van der Waals surface area contributed by atoms with Crippen molar-refractivity contribution in [3.05, 3.63) is 66.0 Å². The van der Waals surface area contributed by atoms with Gasteiger partial charge in [0, 0.05) is 51.3 Å². The number of ether oxygens (including phenoxy) is 1. The van der Waals surface area contributed by atoms with Crippen molar-refractivity contribution in [2.45, 2.75) is 25.7 Å². The van der Waals surface area contributed by atoms with Gasteiger partial charge in [0.25, 0.3) is 0 Å². The van der Waals surface area contributed by atoms with E-state index in [1.165, 1.54) is 18.5 Å². The van der Waals surface area contributed by atoms with E-state index in [0.29, 0.717) is 5.92 Å². The highest BCUT2D eigenvalue weighted by atomic mass is 16.5. The van der Waals surface area contributed by atoms with Crippen molar-refractivity contribution in [1.82, 2.24) is 19.7 Å². The number of hydrogen-bond acceptors (Lipinski definition) is 2. The lowest BCUT2D eigenvalue weighted by atomic mass is 10.1. The highest BCUT2D eigenvalue weighted by Crippen LogP contribution is 2.41. The molecule has 0 spiro atoms. The van der Waals surface area contributed by atoms with Crippen molar-refractivity contribution in [2.24, 2.45) is 0 Å². The molecule has 0 amide bonds. The summed E-state index contributed by atoms with van der Waals surface area (Å²) in [5, 5.41) is 10.1. The van der Waals surface area contributed by atoms with E-state index in [-0.39, 0.29) is 0 Å². The molecule has 0 unspecified atom stereocenters. The summed E-state index contributed by atoms with van der Waals surface area (Å²) < 4.78 is 7.70. The molecular weight excluding hydrogens is 360 g/mol. The molecule has 1 fully saturated rings. The number of H-pyrrole nitrogens is 2. The molecule has 1 aliphatic carbocycles. The summed E-state index contributed by atoms with van der Waals surface area (Å²) in [6.45, 7) is 2.11. The molecule has 2 N–H and O–H groups in total. The van der Waals surface area contributed by atoms with Crippen LogP contribution in [0.5, 0.6) is 5.75 Å². The SMILES string of the molecule is COc1ccc2[nH]c(C)c(-c3[c]c4ccccc4n3-c3cc(C4CC4)[nH]n3)c2c1. The summed E-state index contributed by atoms with van der Waals surface area (Å²) in [7, 11) is 1.70. The summed E-state index contributed by atoms with van der Waals surface area (Å²) >= 11 is 0. The van der Waals surface area contributed by atoms with Gasteiger partial charge >= 0.3 is 0 Å². The normalized spacial score (nSPS) is 14.1. The number of nitrogens with one attached hydrogen (secondary N) is 2. The number of methoxy groups -OCH3 is 1. The van der Waals surface area contributed by atoms with Crippen LogP contribution in [0.4, 0.5) is 0 Å². The van der Waals surface area contributed by atoms with Gasteiger partial charge in [-0.25, -0.2) is 0 Å². The molecule has 1 aliphatic rings. The number of aromatic nitrogens is 4. The van der Waals surface area contributed by atoms with Crippen molar-refractivity contribution in [1.29, 1.82) is 0 Å². The zero-order valence-electron chi connectivity index (χ0n) is 16.4. The van der Waals surface area contributed by atoms with E-state index in [2.05, 4.69) is 75.2 Å². The Morgan fingerprint density at radius 2 is 2.00 bits per heavy atom. The Morgan fingerprint density at radius 3 is 2.83 bits per heavy atom. The molecule has 5 heteroatoms. The molecule has 5 aromatic rings. The lowest BCUT2D eigenvalue weighted by Gasteiger charge is -2.09. The van der Waals surface area contributed by atoms with E-state index in [4.69, 9.17) is 4.74 Å². The minimum atomic E-state index is 0.629. The molecule has 29 heavy (non-hydrogen) atoms. The molecule has 1 saturated carbocycles. The summed E-state index contributed by atoms with van der Waals surface area (Å²) in [5.74, 6) is 2.39. The first-order valence-electron chi connectivity index (χ1n) is 9.98. The zero-order valence-corrected chi connectivity index (χ0v) is 16.4. The fourth-order valence-electron chi connectivity index (χ4n) is 4.27. The van der Waals surface area contributed by atoms with Gasteiger partial charge < -0.3 is 9.72 Å². The molecule has 0 atom stereocenters. The Labute approximate surface area is 168 Å². The van der Waals surface area contributed by atoms with Crippen LogP contribution in [0.25, 0.3) is 38.9 Å². The quantitative estimate of drug-likeness (QED) is 0.432. The van der Waals surface area contributed by atoms with Gasteiger partial charge in [-0.1, -0.05) is 18.2 Å². The number of rotatable bonds is 4. The predicted molar refractivity (Wildman–Crippen MR) is 115 cm³/mol. The fourth-order valence-corrected chi connectivity index (χ4v) is 4.27. The second-order valence-corrected chi connectivity index (χ2v) is 7.82. The average molecular weight is 381 g/mol. The smallest absolute Gasteiger partial charge is 0.159 e. The summed E-state index contributed by atoms with van der Waals surface area (Å²) in [6.07, 6.45) is 2.49. The molecule has 5 nitrogen and oxygen atoms in total. The minimum Gasteiger partial charge on any atom is -0.497 e. The van der Waals surface area contributed by atoms with E-state index in [0.717, 1.165) is 50.3 Å². The molecule has 2 aromatic carbocycles. The van der Waals surface area contributed by atoms with E-state index < -0.39 is 0 Å².